The third kappa shape index (κ3) is 6.48. The number of benzene rings is 1. The fraction of sp³-hybridized carbons (Fsp3) is 0.588. The first-order valence-electron chi connectivity index (χ1n) is 8.03. The minimum absolute atomic E-state index is 0. The lowest BCUT2D eigenvalue weighted by Crippen LogP contribution is -2.53. The number of piperazine rings is 1. The monoisotopic (exact) mass is 377 g/mol. The molecule has 0 aromatic heterocycles. The summed E-state index contributed by atoms with van der Waals surface area (Å²) in [6.45, 7) is 6.41. The summed E-state index contributed by atoms with van der Waals surface area (Å²) >= 11 is 0. The van der Waals surface area contributed by atoms with E-state index < -0.39 is 0 Å². The molecule has 0 spiro atoms. The SMILES string of the molecule is CCC(N)C(=O)N1CCN(CCc2ccc(OC)cc2)CC1.Cl.Cl. The first kappa shape index (κ1) is 23.0. The molecule has 2 N–H and O–H groups in total. The Kier molecular flexibility index (Phi) is 11.0. The van der Waals surface area contributed by atoms with Crippen LogP contribution >= 0.6 is 24.8 Å². The number of carbonyl (C=O) groups excluding carboxylic acids is 1. The van der Waals surface area contributed by atoms with Gasteiger partial charge in [0.15, 0.2) is 0 Å². The van der Waals surface area contributed by atoms with Gasteiger partial charge >= 0.3 is 0 Å². The number of halogens is 2. The van der Waals surface area contributed by atoms with Crippen molar-refractivity contribution < 1.29 is 9.53 Å². The number of amides is 1. The van der Waals surface area contributed by atoms with E-state index in [-0.39, 0.29) is 36.8 Å². The largest absolute Gasteiger partial charge is 0.497 e. The smallest absolute Gasteiger partial charge is 0.239 e. The van der Waals surface area contributed by atoms with Gasteiger partial charge in [-0.15, -0.1) is 24.8 Å². The highest BCUT2D eigenvalue weighted by molar-refractivity contribution is 5.85. The maximum Gasteiger partial charge on any atom is 0.239 e. The van der Waals surface area contributed by atoms with Gasteiger partial charge in [0.1, 0.15) is 5.75 Å². The molecule has 24 heavy (non-hydrogen) atoms. The summed E-state index contributed by atoms with van der Waals surface area (Å²) < 4.78 is 5.17. The Morgan fingerprint density at radius 1 is 1.17 bits per heavy atom. The normalized spacial score (nSPS) is 15.9. The average molecular weight is 378 g/mol. The van der Waals surface area contributed by atoms with Gasteiger partial charge in [-0.1, -0.05) is 19.1 Å². The first-order chi connectivity index (χ1) is 10.6. The summed E-state index contributed by atoms with van der Waals surface area (Å²) in [6, 6.07) is 7.87. The Morgan fingerprint density at radius 2 is 1.75 bits per heavy atom. The molecular formula is C17H29Cl2N3O2. The number of hydrogen-bond acceptors (Lipinski definition) is 4. The zero-order valence-corrected chi connectivity index (χ0v) is 16.1. The lowest BCUT2D eigenvalue weighted by molar-refractivity contribution is -0.134. The fourth-order valence-corrected chi connectivity index (χ4v) is 2.68. The van der Waals surface area contributed by atoms with E-state index in [0.29, 0.717) is 6.42 Å². The topological polar surface area (TPSA) is 58.8 Å². The van der Waals surface area contributed by atoms with Crippen molar-refractivity contribution in [1.82, 2.24) is 9.80 Å². The van der Waals surface area contributed by atoms with Crippen LogP contribution in [0.3, 0.4) is 0 Å². The fourth-order valence-electron chi connectivity index (χ4n) is 2.68. The van der Waals surface area contributed by atoms with Gasteiger partial charge in [0, 0.05) is 32.7 Å². The van der Waals surface area contributed by atoms with Crippen LogP contribution in [0.1, 0.15) is 18.9 Å². The molecule has 138 valence electrons. The third-order valence-corrected chi connectivity index (χ3v) is 4.32. The molecule has 7 heteroatoms. The van der Waals surface area contributed by atoms with E-state index in [9.17, 15) is 4.79 Å². The lowest BCUT2D eigenvalue weighted by Gasteiger charge is -2.35. The summed E-state index contributed by atoms with van der Waals surface area (Å²) in [4.78, 5) is 16.4. The van der Waals surface area contributed by atoms with Gasteiger partial charge < -0.3 is 15.4 Å². The Labute approximate surface area is 157 Å². The van der Waals surface area contributed by atoms with Crippen LogP contribution in [0.5, 0.6) is 5.75 Å². The molecule has 1 unspecified atom stereocenters. The van der Waals surface area contributed by atoms with E-state index in [1.807, 2.05) is 24.0 Å². The number of nitrogens with two attached hydrogens (primary N) is 1. The van der Waals surface area contributed by atoms with Crippen LogP contribution in [0, 0.1) is 0 Å². The summed E-state index contributed by atoms with van der Waals surface area (Å²) in [5, 5.41) is 0. The maximum atomic E-state index is 12.0. The number of rotatable bonds is 6. The van der Waals surface area contributed by atoms with Crippen LogP contribution in [0.15, 0.2) is 24.3 Å². The number of carbonyl (C=O) groups is 1. The van der Waals surface area contributed by atoms with E-state index in [2.05, 4.69) is 17.0 Å². The number of hydrogen-bond donors (Lipinski definition) is 1. The van der Waals surface area contributed by atoms with Crippen LogP contribution in [-0.2, 0) is 11.2 Å². The Bertz CT molecular complexity index is 477. The van der Waals surface area contributed by atoms with Crippen molar-refractivity contribution in [2.75, 3.05) is 39.8 Å². The molecule has 0 saturated carbocycles. The van der Waals surface area contributed by atoms with Gasteiger partial charge in [0.25, 0.3) is 0 Å². The molecule has 1 aliphatic rings. The van der Waals surface area contributed by atoms with E-state index in [1.54, 1.807) is 7.11 Å². The highest BCUT2D eigenvalue weighted by Crippen LogP contribution is 2.12. The predicted molar refractivity (Wildman–Crippen MR) is 102 cm³/mol. The van der Waals surface area contributed by atoms with Crippen molar-refractivity contribution in [3.05, 3.63) is 29.8 Å². The summed E-state index contributed by atoms with van der Waals surface area (Å²) in [5.41, 5.74) is 7.14. The van der Waals surface area contributed by atoms with Crippen LogP contribution in [0.2, 0.25) is 0 Å². The first-order valence-corrected chi connectivity index (χ1v) is 8.03. The zero-order valence-electron chi connectivity index (χ0n) is 14.4. The molecular weight excluding hydrogens is 349 g/mol. The van der Waals surface area contributed by atoms with Crippen molar-refractivity contribution in [2.24, 2.45) is 5.73 Å². The summed E-state index contributed by atoms with van der Waals surface area (Å²) in [6.07, 6.45) is 1.73. The van der Waals surface area contributed by atoms with Crippen LogP contribution in [0.25, 0.3) is 0 Å². The second-order valence-electron chi connectivity index (χ2n) is 5.78. The van der Waals surface area contributed by atoms with E-state index in [4.69, 9.17) is 10.5 Å². The third-order valence-electron chi connectivity index (χ3n) is 4.32. The van der Waals surface area contributed by atoms with Crippen molar-refractivity contribution in [3.8, 4) is 5.75 Å². The average Bonchev–Trinajstić information content (AvgIpc) is 2.59. The van der Waals surface area contributed by atoms with Gasteiger partial charge in [-0.05, 0) is 30.5 Å². The standard InChI is InChI=1S/C17H27N3O2.2ClH/c1-3-16(18)17(21)20-12-10-19(11-13-20)9-8-14-4-6-15(22-2)7-5-14;;/h4-7,16H,3,8-13,18H2,1-2H3;2*1H. The maximum absolute atomic E-state index is 12.0. The molecule has 0 aliphatic carbocycles. The second-order valence-corrected chi connectivity index (χ2v) is 5.78. The van der Waals surface area contributed by atoms with Gasteiger partial charge in [-0.25, -0.2) is 0 Å². The molecule has 2 rings (SSSR count). The van der Waals surface area contributed by atoms with Gasteiger partial charge in [0.05, 0.1) is 13.2 Å². The second kappa shape index (κ2) is 11.5. The molecule has 1 aromatic rings. The lowest BCUT2D eigenvalue weighted by atomic mass is 10.1. The van der Waals surface area contributed by atoms with Crippen molar-refractivity contribution in [1.29, 1.82) is 0 Å². The zero-order chi connectivity index (χ0) is 15.9. The van der Waals surface area contributed by atoms with Crippen LogP contribution in [-0.4, -0.2) is 61.6 Å². The van der Waals surface area contributed by atoms with E-state index in [1.165, 1.54) is 5.56 Å². The van der Waals surface area contributed by atoms with Crippen molar-refractivity contribution in [3.63, 3.8) is 0 Å². The highest BCUT2D eigenvalue weighted by atomic mass is 35.5. The molecule has 1 saturated heterocycles. The highest BCUT2D eigenvalue weighted by Gasteiger charge is 2.23. The molecule has 0 bridgehead atoms. The number of methoxy groups -OCH3 is 1. The Hall–Kier alpha value is -1.01. The van der Waals surface area contributed by atoms with Gasteiger partial charge in [0.2, 0.25) is 5.91 Å². The predicted octanol–water partition coefficient (Wildman–Crippen LogP) is 1.96. The molecule has 1 amide bonds. The molecule has 1 fully saturated rings. The molecule has 1 heterocycles. The van der Waals surface area contributed by atoms with Gasteiger partial charge in [-0.3, -0.25) is 9.69 Å². The molecule has 1 aromatic carbocycles. The van der Waals surface area contributed by atoms with E-state index in [0.717, 1.165) is 44.9 Å². The van der Waals surface area contributed by atoms with Crippen LogP contribution in [0.4, 0.5) is 0 Å². The summed E-state index contributed by atoms with van der Waals surface area (Å²) in [7, 11) is 1.68. The quantitative estimate of drug-likeness (QED) is 0.822. The Balaban J connectivity index is 0.00000264. The molecule has 1 atom stereocenters. The minimum atomic E-state index is -0.342. The van der Waals surface area contributed by atoms with Crippen LogP contribution < -0.4 is 10.5 Å². The minimum Gasteiger partial charge on any atom is -0.497 e. The van der Waals surface area contributed by atoms with Crippen molar-refractivity contribution >= 4 is 30.7 Å². The van der Waals surface area contributed by atoms with E-state index >= 15 is 0 Å². The molecule has 5 nitrogen and oxygen atoms in total. The summed E-state index contributed by atoms with van der Waals surface area (Å²) in [5.74, 6) is 0.987. The number of nitrogens with zero attached hydrogens (tertiary/aromatic N) is 2. The van der Waals surface area contributed by atoms with Crippen molar-refractivity contribution in [2.45, 2.75) is 25.8 Å². The molecule has 1 aliphatic heterocycles. The number of ether oxygens (including phenoxy) is 1. The Morgan fingerprint density at radius 3 is 2.25 bits per heavy atom. The molecule has 0 radical (unpaired) electrons. The van der Waals surface area contributed by atoms with Gasteiger partial charge in [-0.2, -0.15) is 0 Å².